The molecular weight excluding hydrogens is 865 g/mol. The van der Waals surface area contributed by atoms with E-state index < -0.39 is 122 Å². The number of allylic oxidation sites excluding steroid dienone is 1. The van der Waals surface area contributed by atoms with Crippen molar-refractivity contribution in [1.82, 2.24) is 0 Å². The monoisotopic (exact) mass is 945 g/mol. The van der Waals surface area contributed by atoms with Crippen LogP contribution in [0.15, 0.2) is 11.6 Å². The van der Waals surface area contributed by atoms with Crippen LogP contribution >= 0.6 is 0 Å². The highest BCUT2D eigenvalue weighted by molar-refractivity contribution is 5.37. The number of aliphatic hydroxyl groups is 11. The lowest BCUT2D eigenvalue weighted by Crippen LogP contribution is -2.70. The number of hydrogen-bond acceptors (Lipinski definition) is 18. The molecule has 0 spiro atoms. The van der Waals surface area contributed by atoms with Gasteiger partial charge in [0, 0.05) is 23.9 Å². The summed E-state index contributed by atoms with van der Waals surface area (Å²) in [5, 5.41) is 121. The van der Waals surface area contributed by atoms with E-state index in [2.05, 4.69) is 40.7 Å². The average Bonchev–Trinajstić information content (AvgIpc) is 3.27. The molecule has 25 unspecified atom stereocenters. The molecule has 25 atom stereocenters. The number of aliphatic hydroxyl groups excluding tert-OH is 11. The van der Waals surface area contributed by atoms with Crippen molar-refractivity contribution < 1.29 is 89.3 Å². The van der Waals surface area contributed by atoms with Crippen LogP contribution in [0.5, 0.6) is 0 Å². The van der Waals surface area contributed by atoms with Gasteiger partial charge in [-0.1, -0.05) is 53.2 Å². The summed E-state index contributed by atoms with van der Waals surface area (Å²) in [6, 6.07) is 0. The van der Waals surface area contributed by atoms with Gasteiger partial charge >= 0.3 is 0 Å². The Morgan fingerprint density at radius 1 is 0.682 bits per heavy atom. The first-order valence-corrected chi connectivity index (χ1v) is 24.3. The van der Waals surface area contributed by atoms with E-state index in [0.29, 0.717) is 19.3 Å². The number of fused-ring (bicyclic) bond motifs is 7. The van der Waals surface area contributed by atoms with E-state index in [4.69, 9.17) is 33.2 Å². The lowest BCUT2D eigenvalue weighted by molar-refractivity contribution is -0.379. The summed E-state index contributed by atoms with van der Waals surface area (Å²) >= 11 is 0. The van der Waals surface area contributed by atoms with Crippen LogP contribution in [-0.2, 0) is 33.2 Å². The summed E-state index contributed by atoms with van der Waals surface area (Å²) in [6.45, 7) is 13.7. The molecule has 3 saturated heterocycles. The maximum atomic E-state index is 12.2. The Hall–Kier alpha value is -0.980. The van der Waals surface area contributed by atoms with Crippen molar-refractivity contribution in [3.8, 4) is 0 Å². The lowest BCUT2D eigenvalue weighted by atomic mass is 9.32. The van der Waals surface area contributed by atoms with Crippen molar-refractivity contribution in [2.45, 2.75) is 204 Å². The SMILES string of the molecule is COC1C=C2C3CC(C)(C)CCC3(CO)C(O)CC2(C)C2(C)CCC3C(C)(CO)C(OC4OC(C)C(O)C(OC5OC(CO)C(OC6OCC(O)C(O)C6O)C(O)C5O)C4O)CCC3(C)C12. The van der Waals surface area contributed by atoms with Crippen LogP contribution in [0.2, 0.25) is 0 Å². The molecule has 8 aliphatic rings. The molecule has 8 rings (SSSR count). The van der Waals surface area contributed by atoms with Gasteiger partial charge < -0.3 is 89.3 Å². The predicted octanol–water partition coefficient (Wildman–Crippen LogP) is -0.151. The molecule has 0 aromatic heterocycles. The van der Waals surface area contributed by atoms with Gasteiger partial charge in [0.05, 0.1) is 50.8 Å². The number of ether oxygens (including phenoxy) is 7. The first-order valence-electron chi connectivity index (χ1n) is 24.3. The minimum atomic E-state index is -1.87. The molecule has 0 aromatic carbocycles. The van der Waals surface area contributed by atoms with Gasteiger partial charge in [-0.25, -0.2) is 0 Å². The van der Waals surface area contributed by atoms with Gasteiger partial charge in [-0.15, -0.1) is 0 Å². The second-order valence-corrected chi connectivity index (χ2v) is 23.4. The van der Waals surface area contributed by atoms with Crippen LogP contribution in [0.4, 0.5) is 0 Å². The third kappa shape index (κ3) is 7.82. The quantitative estimate of drug-likeness (QED) is 0.100. The van der Waals surface area contributed by atoms with Crippen LogP contribution in [0.3, 0.4) is 0 Å². The summed E-state index contributed by atoms with van der Waals surface area (Å²) < 4.78 is 42.1. The van der Waals surface area contributed by atoms with Gasteiger partial charge in [0.1, 0.15) is 61.0 Å². The van der Waals surface area contributed by atoms with Crippen molar-refractivity contribution in [2.24, 2.45) is 50.2 Å². The van der Waals surface area contributed by atoms with Crippen molar-refractivity contribution in [1.29, 1.82) is 0 Å². The Balaban J connectivity index is 1.01. The fourth-order valence-corrected chi connectivity index (χ4v) is 15.2. The molecule has 7 fully saturated rings. The molecule has 18 nitrogen and oxygen atoms in total. The predicted molar refractivity (Wildman–Crippen MR) is 232 cm³/mol. The highest BCUT2D eigenvalue weighted by Crippen LogP contribution is 2.76. The molecule has 0 radical (unpaired) electrons. The third-order valence-electron chi connectivity index (χ3n) is 19.4. The minimum absolute atomic E-state index is 0.00556. The molecule has 3 heterocycles. The van der Waals surface area contributed by atoms with E-state index in [1.165, 1.54) is 5.57 Å². The molecule has 380 valence electrons. The Morgan fingerprint density at radius 2 is 1.35 bits per heavy atom. The summed E-state index contributed by atoms with van der Waals surface area (Å²) in [5.41, 5.74) is -1.16. The van der Waals surface area contributed by atoms with Gasteiger partial charge in [0.15, 0.2) is 18.9 Å². The summed E-state index contributed by atoms with van der Waals surface area (Å²) in [7, 11) is 1.76. The zero-order valence-corrected chi connectivity index (χ0v) is 39.9. The van der Waals surface area contributed by atoms with E-state index in [1.54, 1.807) is 14.0 Å². The zero-order valence-electron chi connectivity index (χ0n) is 39.9. The van der Waals surface area contributed by atoms with Crippen LogP contribution in [0.1, 0.15) is 99.8 Å². The fourth-order valence-electron chi connectivity index (χ4n) is 15.2. The van der Waals surface area contributed by atoms with E-state index in [-0.39, 0.29) is 58.7 Å². The molecule has 3 aliphatic heterocycles. The maximum Gasteiger partial charge on any atom is 0.187 e. The highest BCUT2D eigenvalue weighted by atomic mass is 16.8. The van der Waals surface area contributed by atoms with Gasteiger partial charge in [0.2, 0.25) is 0 Å². The Labute approximate surface area is 388 Å². The fraction of sp³-hybridized carbons (Fsp3) is 0.958. The maximum absolute atomic E-state index is 12.2. The van der Waals surface area contributed by atoms with E-state index >= 15 is 0 Å². The summed E-state index contributed by atoms with van der Waals surface area (Å²) in [6.07, 6.45) is -14.9. The molecule has 18 heteroatoms. The molecular formula is C48H80O18. The summed E-state index contributed by atoms with van der Waals surface area (Å²) in [4.78, 5) is 0. The average molecular weight is 945 g/mol. The normalized spacial score (nSPS) is 56.0. The van der Waals surface area contributed by atoms with Crippen molar-refractivity contribution in [3.05, 3.63) is 11.6 Å². The van der Waals surface area contributed by atoms with Crippen molar-refractivity contribution >= 4 is 0 Å². The first-order chi connectivity index (χ1) is 30.9. The topological polar surface area (TPSA) is 287 Å². The third-order valence-corrected chi connectivity index (χ3v) is 19.4. The van der Waals surface area contributed by atoms with Crippen molar-refractivity contribution in [3.63, 3.8) is 0 Å². The van der Waals surface area contributed by atoms with E-state index in [1.807, 2.05) is 6.92 Å². The summed E-state index contributed by atoms with van der Waals surface area (Å²) in [5.74, 6) is -0.0787. The van der Waals surface area contributed by atoms with E-state index in [9.17, 15) is 56.2 Å². The minimum Gasteiger partial charge on any atom is -0.396 e. The number of rotatable bonds is 10. The number of methoxy groups -OCH3 is 1. The second-order valence-electron chi connectivity index (χ2n) is 23.4. The molecule has 0 aromatic rings. The van der Waals surface area contributed by atoms with E-state index in [0.717, 1.165) is 32.1 Å². The van der Waals surface area contributed by atoms with Gasteiger partial charge in [-0.05, 0) is 91.8 Å². The molecule has 0 amide bonds. The molecule has 0 bridgehead atoms. The van der Waals surface area contributed by atoms with Gasteiger partial charge in [0.25, 0.3) is 0 Å². The molecule has 4 saturated carbocycles. The molecule has 5 aliphatic carbocycles. The Morgan fingerprint density at radius 3 is 2.00 bits per heavy atom. The molecule has 66 heavy (non-hydrogen) atoms. The first kappa shape index (κ1) is 51.4. The van der Waals surface area contributed by atoms with Gasteiger partial charge in [-0.2, -0.15) is 0 Å². The largest absolute Gasteiger partial charge is 0.396 e. The Kier molecular flexibility index (Phi) is 14.2. The molecule has 11 N–H and O–H groups in total. The van der Waals surface area contributed by atoms with Crippen LogP contribution in [0.25, 0.3) is 0 Å². The smallest absolute Gasteiger partial charge is 0.187 e. The lowest BCUT2D eigenvalue weighted by Gasteiger charge is -2.73. The van der Waals surface area contributed by atoms with Crippen LogP contribution < -0.4 is 0 Å². The van der Waals surface area contributed by atoms with Crippen LogP contribution in [-0.4, -0.2) is 194 Å². The Bertz CT molecular complexity index is 1750. The highest BCUT2D eigenvalue weighted by Gasteiger charge is 2.72. The van der Waals surface area contributed by atoms with Crippen molar-refractivity contribution in [2.75, 3.05) is 33.5 Å². The standard InChI is InChI=1S/C48H80O18/c1-22-31(54)38(66-41-35(58)33(56)37(27(18-49)63-41)65-40-34(57)32(55)25(52)19-61-40)36(59)42(62-22)64-30-10-11-44(4)28(45(30,5)20-50)9-12-46(6)39(44)26(60-8)15-23-24-16-43(2,3)13-14-48(24,21-51)29(53)17-47(23,46)7/h15,22,24-42,49-59H,9-14,16-21H2,1-8H3. The zero-order chi connectivity index (χ0) is 48.3. The number of hydrogen-bond donors (Lipinski definition) is 11. The van der Waals surface area contributed by atoms with Crippen LogP contribution in [0, 0.1) is 50.2 Å². The van der Waals surface area contributed by atoms with Gasteiger partial charge in [-0.3, -0.25) is 0 Å². The second kappa shape index (κ2) is 18.3.